The van der Waals surface area contributed by atoms with Gasteiger partial charge in [-0.1, -0.05) is 24.3 Å². The number of carbonyl (C=O) groups excluding carboxylic acids is 2. The molecule has 1 saturated carbocycles. The van der Waals surface area contributed by atoms with Gasteiger partial charge in [0.1, 0.15) is 17.0 Å². The monoisotopic (exact) mass is 585 g/mol. The lowest BCUT2D eigenvalue weighted by atomic mass is 9.83. The van der Waals surface area contributed by atoms with E-state index in [0.717, 1.165) is 17.9 Å². The molecular weight excluding hydrogens is 550 g/mol. The van der Waals surface area contributed by atoms with E-state index in [9.17, 15) is 18.0 Å². The molecule has 0 unspecified atom stereocenters. The zero-order valence-electron chi connectivity index (χ0n) is 23.7. The Labute approximate surface area is 240 Å². The normalized spacial score (nSPS) is 19.8. The summed E-state index contributed by atoms with van der Waals surface area (Å²) in [7, 11) is -3.96. The van der Waals surface area contributed by atoms with Crippen molar-refractivity contribution in [3.8, 4) is 0 Å². The van der Waals surface area contributed by atoms with Gasteiger partial charge in [0.2, 0.25) is 9.84 Å². The lowest BCUT2D eigenvalue weighted by Crippen LogP contribution is -2.34. The first-order chi connectivity index (χ1) is 19.4. The van der Waals surface area contributed by atoms with Crippen molar-refractivity contribution in [2.24, 2.45) is 5.92 Å². The van der Waals surface area contributed by atoms with Crippen LogP contribution in [0, 0.1) is 5.92 Å². The Bertz CT molecular complexity index is 1460. The summed E-state index contributed by atoms with van der Waals surface area (Å²) in [6.45, 7) is 8.15. The molecule has 1 spiro atoms. The highest BCUT2D eigenvalue weighted by atomic mass is 32.2. The van der Waals surface area contributed by atoms with E-state index >= 15 is 0 Å². The summed E-state index contributed by atoms with van der Waals surface area (Å²) >= 11 is 0. The third-order valence-corrected chi connectivity index (χ3v) is 9.06. The van der Waals surface area contributed by atoms with Crippen molar-refractivity contribution < 1.29 is 41.8 Å². The van der Waals surface area contributed by atoms with E-state index in [-0.39, 0.29) is 33.7 Å². The molecule has 0 N–H and O–H groups in total. The molecule has 0 aromatic heterocycles. The molecule has 0 atom stereocenters. The van der Waals surface area contributed by atoms with E-state index in [1.165, 1.54) is 18.2 Å². The van der Waals surface area contributed by atoms with Crippen molar-refractivity contribution in [3.63, 3.8) is 0 Å². The van der Waals surface area contributed by atoms with Crippen molar-refractivity contribution in [3.05, 3.63) is 54.1 Å². The third-order valence-electron chi connectivity index (χ3n) is 7.21. The Kier molecular flexibility index (Phi) is 7.88. The van der Waals surface area contributed by atoms with Crippen LogP contribution in [0.5, 0.6) is 0 Å². The molecular formula is C30H35NO9S. The van der Waals surface area contributed by atoms with Gasteiger partial charge in [0.15, 0.2) is 5.79 Å². The van der Waals surface area contributed by atoms with Crippen LogP contribution in [0.2, 0.25) is 0 Å². The Morgan fingerprint density at radius 3 is 2.34 bits per heavy atom. The number of fused-ring (bicyclic) bond motifs is 2. The number of allylic oxidation sites excluding steroid dienone is 1. The van der Waals surface area contributed by atoms with Crippen LogP contribution in [-0.4, -0.2) is 51.8 Å². The maximum absolute atomic E-state index is 13.6. The van der Waals surface area contributed by atoms with Crippen LogP contribution in [0.25, 0.3) is 5.57 Å². The van der Waals surface area contributed by atoms with Gasteiger partial charge in [-0.3, -0.25) is 0 Å². The van der Waals surface area contributed by atoms with E-state index < -0.39 is 33.4 Å². The molecule has 0 amide bonds. The molecule has 1 aliphatic carbocycles. The Morgan fingerprint density at radius 1 is 1.02 bits per heavy atom. The maximum atomic E-state index is 13.6. The van der Waals surface area contributed by atoms with E-state index in [0.29, 0.717) is 37.2 Å². The Balaban J connectivity index is 1.55. The standard InChI is InChI=1S/C30H35NO9S/c1-5-36-27(32)22(18-20-12-14-30(15-13-20)37-16-17-38-30)21-10-11-26-24(19-21)31(40-28(33)39-29(2,3)4)23-8-6-7-9-25(23)41(26,34)35/h6-11,18-20H,5,12-17H2,1-4H3. The number of anilines is 2. The van der Waals surface area contributed by atoms with Gasteiger partial charge in [-0.15, -0.1) is 0 Å². The fraction of sp³-hybridized carbons (Fsp3) is 0.467. The van der Waals surface area contributed by atoms with Crippen LogP contribution in [0.15, 0.2) is 58.3 Å². The lowest BCUT2D eigenvalue weighted by molar-refractivity contribution is -0.180. The SMILES string of the molecule is CCOC(=O)C(=CC1CCC2(CC1)OCCO2)c1ccc2c(c1)N(OC(=O)OC(C)(C)C)c1ccccc1S2(=O)=O. The molecule has 2 aromatic rings. The first-order valence-electron chi connectivity index (χ1n) is 13.8. The van der Waals surface area contributed by atoms with Crippen molar-refractivity contribution in [2.45, 2.75) is 74.6 Å². The average molecular weight is 586 g/mol. The molecule has 220 valence electrons. The molecule has 1 saturated heterocycles. The minimum Gasteiger partial charge on any atom is -0.462 e. The third kappa shape index (κ3) is 5.98. The Morgan fingerprint density at radius 2 is 1.68 bits per heavy atom. The summed E-state index contributed by atoms with van der Waals surface area (Å²) < 4.78 is 49.6. The number of benzene rings is 2. The minimum atomic E-state index is -3.96. The van der Waals surface area contributed by atoms with Gasteiger partial charge in [-0.25, -0.2) is 18.0 Å². The second kappa shape index (κ2) is 11.1. The predicted molar refractivity (Wildman–Crippen MR) is 149 cm³/mol. The molecule has 11 heteroatoms. The number of para-hydroxylation sites is 1. The molecule has 5 rings (SSSR count). The molecule has 10 nitrogen and oxygen atoms in total. The number of esters is 1. The first-order valence-corrected chi connectivity index (χ1v) is 15.3. The number of sulfone groups is 1. The number of hydrogen-bond donors (Lipinski definition) is 0. The summed E-state index contributed by atoms with van der Waals surface area (Å²) in [4.78, 5) is 31.5. The highest BCUT2D eigenvalue weighted by Gasteiger charge is 2.41. The quantitative estimate of drug-likeness (QED) is 0.319. The van der Waals surface area contributed by atoms with Crippen LogP contribution in [0.1, 0.15) is 58.9 Å². The van der Waals surface area contributed by atoms with Gasteiger partial charge < -0.3 is 23.8 Å². The fourth-order valence-electron chi connectivity index (χ4n) is 5.37. The second-order valence-electron chi connectivity index (χ2n) is 11.2. The van der Waals surface area contributed by atoms with Crippen molar-refractivity contribution in [1.82, 2.24) is 0 Å². The highest BCUT2D eigenvalue weighted by Crippen LogP contribution is 2.46. The highest BCUT2D eigenvalue weighted by molar-refractivity contribution is 7.92. The molecule has 2 aromatic carbocycles. The van der Waals surface area contributed by atoms with Crippen LogP contribution >= 0.6 is 0 Å². The van der Waals surface area contributed by atoms with Gasteiger partial charge in [0.25, 0.3) is 0 Å². The maximum Gasteiger partial charge on any atom is 0.534 e. The van der Waals surface area contributed by atoms with Crippen LogP contribution in [0.3, 0.4) is 0 Å². The van der Waals surface area contributed by atoms with E-state index in [1.54, 1.807) is 52.0 Å². The summed E-state index contributed by atoms with van der Waals surface area (Å²) in [6.07, 6.45) is 3.80. The van der Waals surface area contributed by atoms with E-state index in [4.69, 9.17) is 23.8 Å². The van der Waals surface area contributed by atoms with Crippen LogP contribution in [-0.2, 0) is 38.4 Å². The summed E-state index contributed by atoms with van der Waals surface area (Å²) in [5.74, 6) is -1.01. The molecule has 2 aliphatic heterocycles. The van der Waals surface area contributed by atoms with Gasteiger partial charge in [-0.2, -0.15) is 5.06 Å². The Hall–Kier alpha value is -3.41. The molecule has 2 fully saturated rings. The number of rotatable bonds is 5. The van der Waals surface area contributed by atoms with Gasteiger partial charge >= 0.3 is 12.1 Å². The van der Waals surface area contributed by atoms with Gasteiger partial charge in [-0.05, 0) is 76.3 Å². The number of ether oxygens (including phenoxy) is 4. The number of nitrogens with zero attached hydrogens (tertiary/aromatic N) is 1. The van der Waals surface area contributed by atoms with Crippen LogP contribution in [0.4, 0.5) is 16.2 Å². The lowest BCUT2D eigenvalue weighted by Gasteiger charge is -2.34. The molecule has 0 bridgehead atoms. The largest absolute Gasteiger partial charge is 0.534 e. The summed E-state index contributed by atoms with van der Waals surface area (Å²) in [5, 5.41) is 1.14. The van der Waals surface area contributed by atoms with Gasteiger partial charge in [0, 0.05) is 12.8 Å². The fourth-order valence-corrected chi connectivity index (χ4v) is 6.96. The predicted octanol–water partition coefficient (Wildman–Crippen LogP) is 5.72. The van der Waals surface area contributed by atoms with Gasteiger partial charge in [0.05, 0.1) is 35.2 Å². The molecule has 41 heavy (non-hydrogen) atoms. The second-order valence-corrected chi connectivity index (χ2v) is 13.1. The molecule has 3 aliphatic rings. The zero-order valence-corrected chi connectivity index (χ0v) is 24.5. The van der Waals surface area contributed by atoms with E-state index in [2.05, 4.69) is 0 Å². The van der Waals surface area contributed by atoms with Crippen LogP contribution < -0.4 is 5.06 Å². The summed E-state index contributed by atoms with van der Waals surface area (Å²) in [6, 6.07) is 10.8. The number of carbonyl (C=O) groups is 2. The minimum absolute atomic E-state index is 0.0162. The zero-order chi connectivity index (χ0) is 29.4. The van der Waals surface area contributed by atoms with E-state index in [1.807, 2.05) is 6.08 Å². The topological polar surface area (TPSA) is 118 Å². The van der Waals surface area contributed by atoms with Crippen molar-refractivity contribution >= 4 is 38.9 Å². The molecule has 2 heterocycles. The van der Waals surface area contributed by atoms with Crippen molar-refractivity contribution in [2.75, 3.05) is 24.9 Å². The smallest absolute Gasteiger partial charge is 0.462 e. The van der Waals surface area contributed by atoms with Crippen molar-refractivity contribution in [1.29, 1.82) is 0 Å². The average Bonchev–Trinajstić information content (AvgIpc) is 3.37. The summed E-state index contributed by atoms with van der Waals surface area (Å²) in [5.41, 5.74) is 0.132. The first kappa shape index (κ1) is 29.1. The number of hydrogen-bond acceptors (Lipinski definition) is 10. The molecule has 0 radical (unpaired) electrons.